The summed E-state index contributed by atoms with van der Waals surface area (Å²) in [5, 5.41) is 15.7. The maximum Gasteiger partial charge on any atom is 0.453 e. The van der Waals surface area contributed by atoms with Crippen molar-refractivity contribution in [1.82, 2.24) is 25.1 Å². The Balaban J connectivity index is 1.77. The molecule has 3 heterocycles. The lowest BCUT2D eigenvalue weighted by atomic mass is 10.5. The van der Waals surface area contributed by atoms with Gasteiger partial charge in [0.05, 0.1) is 10.1 Å². The molecule has 0 saturated heterocycles. The van der Waals surface area contributed by atoms with E-state index in [1.807, 2.05) is 17.5 Å². The molecule has 0 saturated carbocycles. The molecule has 0 aliphatic heterocycles. The summed E-state index contributed by atoms with van der Waals surface area (Å²) >= 11 is 2.38. The minimum absolute atomic E-state index is 0.0966. The fourth-order valence-electron chi connectivity index (χ4n) is 1.66. The zero-order chi connectivity index (χ0) is 16.6. The number of rotatable bonds is 4. The first-order valence-corrected chi connectivity index (χ1v) is 7.94. The summed E-state index contributed by atoms with van der Waals surface area (Å²) in [6.45, 7) is 1.69. The van der Waals surface area contributed by atoms with Crippen molar-refractivity contribution in [2.75, 3.05) is 5.84 Å². The van der Waals surface area contributed by atoms with Crippen molar-refractivity contribution < 1.29 is 17.6 Å². The molecule has 0 aliphatic rings. The van der Waals surface area contributed by atoms with Crippen LogP contribution in [0.5, 0.6) is 0 Å². The van der Waals surface area contributed by atoms with Gasteiger partial charge in [0.15, 0.2) is 0 Å². The summed E-state index contributed by atoms with van der Waals surface area (Å²) in [7, 11) is 0. The molecule has 0 amide bonds. The van der Waals surface area contributed by atoms with Gasteiger partial charge in [0.25, 0.3) is 11.7 Å². The van der Waals surface area contributed by atoms with E-state index in [2.05, 4.69) is 20.4 Å². The molecule has 23 heavy (non-hydrogen) atoms. The normalized spacial score (nSPS) is 13.4. The van der Waals surface area contributed by atoms with Gasteiger partial charge < -0.3 is 10.3 Å². The van der Waals surface area contributed by atoms with E-state index in [1.165, 1.54) is 11.3 Å². The topological polar surface area (TPSA) is 95.7 Å². The first-order chi connectivity index (χ1) is 10.9. The van der Waals surface area contributed by atoms with Gasteiger partial charge in [0.1, 0.15) is 0 Å². The number of nitrogen functional groups attached to an aromatic ring is 1. The van der Waals surface area contributed by atoms with Crippen LogP contribution in [-0.4, -0.2) is 25.1 Å². The van der Waals surface area contributed by atoms with E-state index in [9.17, 15) is 13.2 Å². The molecular formula is C11H9F3N6OS2. The summed E-state index contributed by atoms with van der Waals surface area (Å²) in [5.74, 6) is 4.73. The van der Waals surface area contributed by atoms with Crippen molar-refractivity contribution in [3.05, 3.63) is 29.2 Å². The number of hydrogen-bond acceptors (Lipinski definition) is 8. The maximum atomic E-state index is 12.6. The lowest BCUT2D eigenvalue weighted by molar-refractivity contribution is -0.146. The van der Waals surface area contributed by atoms with E-state index < -0.39 is 17.3 Å². The zero-order valence-electron chi connectivity index (χ0n) is 11.5. The zero-order valence-corrected chi connectivity index (χ0v) is 13.1. The molecule has 122 valence electrons. The third-order valence-corrected chi connectivity index (χ3v) is 4.62. The molecular weight excluding hydrogens is 353 g/mol. The molecule has 0 aromatic carbocycles. The van der Waals surface area contributed by atoms with Crippen LogP contribution < -0.4 is 5.84 Å². The Kier molecular flexibility index (Phi) is 4.02. The Bertz CT molecular complexity index is 797. The van der Waals surface area contributed by atoms with E-state index in [0.717, 1.165) is 16.6 Å². The van der Waals surface area contributed by atoms with Gasteiger partial charge in [-0.3, -0.25) is 0 Å². The van der Waals surface area contributed by atoms with E-state index in [4.69, 9.17) is 10.3 Å². The number of hydrogen-bond donors (Lipinski definition) is 1. The molecule has 0 spiro atoms. The van der Waals surface area contributed by atoms with Crippen LogP contribution in [0.3, 0.4) is 0 Å². The number of nitrogens with zero attached hydrogens (tertiary/aromatic N) is 5. The van der Waals surface area contributed by atoms with Crippen LogP contribution in [-0.2, 0) is 6.18 Å². The molecule has 7 nitrogen and oxygen atoms in total. The van der Waals surface area contributed by atoms with Crippen LogP contribution in [0.4, 0.5) is 13.2 Å². The molecule has 2 N–H and O–H groups in total. The number of aromatic nitrogens is 5. The van der Waals surface area contributed by atoms with Crippen molar-refractivity contribution in [2.24, 2.45) is 0 Å². The second-order valence-corrected chi connectivity index (χ2v) is 6.61. The van der Waals surface area contributed by atoms with Gasteiger partial charge in [-0.05, 0) is 18.4 Å². The van der Waals surface area contributed by atoms with Crippen LogP contribution in [0.25, 0.3) is 10.8 Å². The van der Waals surface area contributed by atoms with Crippen molar-refractivity contribution >= 4 is 23.1 Å². The van der Waals surface area contributed by atoms with Crippen molar-refractivity contribution in [2.45, 2.75) is 23.5 Å². The fourth-order valence-corrected chi connectivity index (χ4v) is 3.10. The van der Waals surface area contributed by atoms with Gasteiger partial charge in [-0.15, -0.1) is 31.7 Å². The molecule has 0 bridgehead atoms. The van der Waals surface area contributed by atoms with Gasteiger partial charge in [0, 0.05) is 0 Å². The van der Waals surface area contributed by atoms with Crippen molar-refractivity contribution in [3.8, 4) is 10.8 Å². The number of halogens is 3. The molecule has 3 aromatic heterocycles. The first-order valence-electron chi connectivity index (χ1n) is 6.18. The predicted molar refractivity (Wildman–Crippen MR) is 77.1 cm³/mol. The van der Waals surface area contributed by atoms with Crippen LogP contribution in [0.1, 0.15) is 23.9 Å². The minimum atomic E-state index is -4.67. The molecule has 0 aliphatic carbocycles. The van der Waals surface area contributed by atoms with Crippen LogP contribution in [0, 0.1) is 0 Å². The van der Waals surface area contributed by atoms with E-state index >= 15 is 0 Å². The van der Waals surface area contributed by atoms with E-state index in [0.29, 0.717) is 10.6 Å². The van der Waals surface area contributed by atoms with Crippen molar-refractivity contribution in [1.29, 1.82) is 0 Å². The standard InChI is InChI=1S/C11H9F3N6OS2/c1-5(7-16-17-8(21-7)6-3-2-4-22-6)23-10-19-18-9(20(10)15)11(12,13)14/h2-5H,15H2,1H3/t5-/m0/s1. The third kappa shape index (κ3) is 3.17. The van der Waals surface area contributed by atoms with Crippen LogP contribution in [0.15, 0.2) is 27.1 Å². The Morgan fingerprint density at radius 1 is 1.30 bits per heavy atom. The number of alkyl halides is 3. The van der Waals surface area contributed by atoms with Gasteiger partial charge in [-0.25, -0.2) is 4.68 Å². The lowest BCUT2D eigenvalue weighted by Gasteiger charge is -2.07. The highest BCUT2D eigenvalue weighted by Crippen LogP contribution is 2.36. The second kappa shape index (κ2) is 5.85. The molecule has 1 atom stereocenters. The maximum absolute atomic E-state index is 12.6. The molecule has 0 fully saturated rings. The molecule has 12 heteroatoms. The monoisotopic (exact) mass is 362 g/mol. The Hall–Kier alpha value is -2.08. The van der Waals surface area contributed by atoms with Gasteiger partial charge in [0.2, 0.25) is 11.0 Å². The highest BCUT2D eigenvalue weighted by molar-refractivity contribution is 7.99. The highest BCUT2D eigenvalue weighted by atomic mass is 32.2. The average Bonchev–Trinajstić information content (AvgIpc) is 3.17. The minimum Gasteiger partial charge on any atom is -0.419 e. The number of thioether (sulfide) groups is 1. The summed E-state index contributed by atoms with van der Waals surface area (Å²) in [5.41, 5.74) is 0. The van der Waals surface area contributed by atoms with Crippen molar-refractivity contribution in [3.63, 3.8) is 0 Å². The average molecular weight is 362 g/mol. The molecule has 3 rings (SSSR count). The van der Waals surface area contributed by atoms with Crippen LogP contribution in [0.2, 0.25) is 0 Å². The van der Waals surface area contributed by atoms with Gasteiger partial charge in [-0.1, -0.05) is 17.8 Å². The van der Waals surface area contributed by atoms with E-state index in [-0.39, 0.29) is 11.0 Å². The summed E-state index contributed by atoms with van der Waals surface area (Å²) in [6, 6.07) is 3.67. The predicted octanol–water partition coefficient (Wildman–Crippen LogP) is 2.98. The summed E-state index contributed by atoms with van der Waals surface area (Å²) in [6.07, 6.45) is -4.67. The summed E-state index contributed by atoms with van der Waals surface area (Å²) < 4.78 is 43.8. The Morgan fingerprint density at radius 2 is 2.09 bits per heavy atom. The molecule has 0 unspecified atom stereocenters. The first kappa shape index (κ1) is 15.8. The fraction of sp³-hybridized carbons (Fsp3) is 0.273. The second-order valence-electron chi connectivity index (χ2n) is 4.36. The van der Waals surface area contributed by atoms with Gasteiger partial charge >= 0.3 is 6.18 Å². The smallest absolute Gasteiger partial charge is 0.419 e. The SMILES string of the molecule is C[C@H](Sc1nnc(C(F)(F)F)n1N)c1nnc(-c2cccs2)o1. The number of thiophene rings is 1. The lowest BCUT2D eigenvalue weighted by Crippen LogP contribution is -2.21. The largest absolute Gasteiger partial charge is 0.453 e. The molecule has 0 radical (unpaired) electrons. The Morgan fingerprint density at radius 3 is 2.70 bits per heavy atom. The molecule has 3 aromatic rings. The highest BCUT2D eigenvalue weighted by Gasteiger charge is 2.38. The van der Waals surface area contributed by atoms with E-state index in [1.54, 1.807) is 6.92 Å². The van der Waals surface area contributed by atoms with Gasteiger partial charge in [-0.2, -0.15) is 13.2 Å². The quantitative estimate of drug-likeness (QED) is 0.563. The number of nitrogens with two attached hydrogens (primary N) is 1. The van der Waals surface area contributed by atoms with Crippen LogP contribution >= 0.6 is 23.1 Å². The summed E-state index contributed by atoms with van der Waals surface area (Å²) in [4.78, 5) is 0.808. The third-order valence-electron chi connectivity index (χ3n) is 2.72. The Labute approximate surface area is 135 Å².